The van der Waals surface area contributed by atoms with Gasteiger partial charge in [-0.3, -0.25) is 0 Å². The highest BCUT2D eigenvalue weighted by Crippen LogP contribution is 2.41. The molecule has 6 heteroatoms. The standard InChI is InChI=1S/C16H26N6/c1-9(2)12-6-5-10(3)11(4)13(7-12)22-16-14(20-21-22)15(17)18-8-19-16/h8-13H,5-7H2,1-4H3,(H2,17,18,19)/t10-,11+,12+,13-/m0/s1. The molecular weight excluding hydrogens is 276 g/mol. The summed E-state index contributed by atoms with van der Waals surface area (Å²) in [5.41, 5.74) is 7.28. The van der Waals surface area contributed by atoms with Crippen LogP contribution in [0.2, 0.25) is 0 Å². The maximum absolute atomic E-state index is 5.90. The number of fused-ring (bicyclic) bond motifs is 1. The van der Waals surface area contributed by atoms with Crippen LogP contribution in [0.5, 0.6) is 0 Å². The van der Waals surface area contributed by atoms with Gasteiger partial charge in [0.05, 0.1) is 6.04 Å². The molecule has 1 fully saturated rings. The Labute approximate surface area is 131 Å². The Hall–Kier alpha value is -1.72. The first kappa shape index (κ1) is 15.2. The second kappa shape index (κ2) is 5.82. The average molecular weight is 302 g/mol. The molecule has 2 aromatic heterocycles. The SMILES string of the molecule is CC(C)[C@@H]1CC[C@H](C)[C@@H](C)[C@@H](n2nnc3c(N)ncnc32)C1. The molecule has 120 valence electrons. The molecule has 0 saturated heterocycles. The van der Waals surface area contributed by atoms with E-state index >= 15 is 0 Å². The Morgan fingerprint density at radius 2 is 2.00 bits per heavy atom. The van der Waals surface area contributed by atoms with Gasteiger partial charge in [0.15, 0.2) is 17.0 Å². The predicted molar refractivity (Wildman–Crippen MR) is 87.1 cm³/mol. The summed E-state index contributed by atoms with van der Waals surface area (Å²) in [6, 6.07) is 0.323. The summed E-state index contributed by atoms with van der Waals surface area (Å²) in [7, 11) is 0. The fraction of sp³-hybridized carbons (Fsp3) is 0.750. The molecule has 0 unspecified atom stereocenters. The topological polar surface area (TPSA) is 82.5 Å². The second-order valence-corrected chi connectivity index (χ2v) is 7.19. The van der Waals surface area contributed by atoms with Crippen LogP contribution in [-0.4, -0.2) is 25.0 Å². The zero-order valence-corrected chi connectivity index (χ0v) is 13.9. The number of nitrogens with two attached hydrogens (primary N) is 1. The van der Waals surface area contributed by atoms with Crippen LogP contribution in [0.1, 0.15) is 53.0 Å². The molecule has 2 N–H and O–H groups in total. The van der Waals surface area contributed by atoms with Gasteiger partial charge in [0.25, 0.3) is 0 Å². The molecular formula is C16H26N6. The van der Waals surface area contributed by atoms with Crippen LogP contribution < -0.4 is 5.73 Å². The lowest BCUT2D eigenvalue weighted by Gasteiger charge is -2.28. The van der Waals surface area contributed by atoms with Crippen LogP contribution in [0, 0.1) is 23.7 Å². The molecule has 1 aliphatic rings. The van der Waals surface area contributed by atoms with Gasteiger partial charge in [-0.25, -0.2) is 14.6 Å². The van der Waals surface area contributed by atoms with E-state index in [9.17, 15) is 0 Å². The van der Waals surface area contributed by atoms with Gasteiger partial charge in [0.2, 0.25) is 0 Å². The Bertz CT molecular complexity index is 649. The van der Waals surface area contributed by atoms with Crippen molar-refractivity contribution < 1.29 is 0 Å². The van der Waals surface area contributed by atoms with E-state index in [4.69, 9.17) is 5.73 Å². The summed E-state index contributed by atoms with van der Waals surface area (Å²) in [4.78, 5) is 8.40. The zero-order chi connectivity index (χ0) is 15.9. The largest absolute Gasteiger partial charge is 0.382 e. The van der Waals surface area contributed by atoms with Gasteiger partial charge in [-0.2, -0.15) is 0 Å². The van der Waals surface area contributed by atoms with Crippen LogP contribution >= 0.6 is 0 Å². The molecule has 0 aromatic carbocycles. The van der Waals surface area contributed by atoms with Crippen LogP contribution in [0.15, 0.2) is 6.33 Å². The minimum Gasteiger partial charge on any atom is -0.382 e. The minimum absolute atomic E-state index is 0.323. The van der Waals surface area contributed by atoms with E-state index in [1.165, 1.54) is 19.2 Å². The number of hydrogen-bond acceptors (Lipinski definition) is 5. The second-order valence-electron chi connectivity index (χ2n) is 7.19. The fourth-order valence-electron chi connectivity index (χ4n) is 3.69. The van der Waals surface area contributed by atoms with Crippen molar-refractivity contribution in [3.05, 3.63) is 6.33 Å². The van der Waals surface area contributed by atoms with Crippen molar-refractivity contribution in [2.75, 3.05) is 5.73 Å². The van der Waals surface area contributed by atoms with E-state index in [0.29, 0.717) is 35.1 Å². The third kappa shape index (κ3) is 2.55. The van der Waals surface area contributed by atoms with Gasteiger partial charge in [-0.1, -0.05) is 39.3 Å². The summed E-state index contributed by atoms with van der Waals surface area (Å²) in [6.07, 6.45) is 5.21. The number of rotatable bonds is 2. The zero-order valence-electron chi connectivity index (χ0n) is 13.9. The molecule has 4 atom stereocenters. The third-order valence-electron chi connectivity index (χ3n) is 5.59. The van der Waals surface area contributed by atoms with E-state index in [1.54, 1.807) is 0 Å². The lowest BCUT2D eigenvalue weighted by atomic mass is 9.85. The van der Waals surface area contributed by atoms with E-state index in [0.717, 1.165) is 18.0 Å². The summed E-state index contributed by atoms with van der Waals surface area (Å²) in [5, 5.41) is 8.60. The van der Waals surface area contributed by atoms with Crippen LogP contribution in [0.3, 0.4) is 0 Å². The number of nitrogen functional groups attached to an aromatic ring is 1. The van der Waals surface area contributed by atoms with E-state index < -0.39 is 0 Å². The van der Waals surface area contributed by atoms with E-state index in [-0.39, 0.29) is 0 Å². The van der Waals surface area contributed by atoms with Gasteiger partial charge < -0.3 is 5.73 Å². The van der Waals surface area contributed by atoms with Crippen LogP contribution in [-0.2, 0) is 0 Å². The quantitative estimate of drug-likeness (QED) is 0.862. The summed E-state index contributed by atoms with van der Waals surface area (Å²) >= 11 is 0. The number of nitrogens with zero attached hydrogens (tertiary/aromatic N) is 5. The average Bonchev–Trinajstić information content (AvgIpc) is 2.85. The third-order valence-corrected chi connectivity index (χ3v) is 5.59. The number of hydrogen-bond donors (Lipinski definition) is 1. The van der Waals surface area contributed by atoms with Gasteiger partial charge >= 0.3 is 0 Å². The van der Waals surface area contributed by atoms with Crippen molar-refractivity contribution in [1.82, 2.24) is 25.0 Å². The molecule has 0 bridgehead atoms. The van der Waals surface area contributed by atoms with Crippen LogP contribution in [0.4, 0.5) is 5.82 Å². The highest BCUT2D eigenvalue weighted by Gasteiger charge is 2.34. The molecule has 0 radical (unpaired) electrons. The van der Waals surface area contributed by atoms with Crippen molar-refractivity contribution in [2.24, 2.45) is 23.7 Å². The van der Waals surface area contributed by atoms with Crippen molar-refractivity contribution in [2.45, 2.75) is 53.0 Å². The Balaban J connectivity index is 2.03. The van der Waals surface area contributed by atoms with Gasteiger partial charge in [-0.15, -0.1) is 5.10 Å². The summed E-state index contributed by atoms with van der Waals surface area (Å²) < 4.78 is 2.00. The minimum atomic E-state index is 0.323. The highest BCUT2D eigenvalue weighted by molar-refractivity contribution is 5.80. The number of anilines is 1. The van der Waals surface area contributed by atoms with Crippen molar-refractivity contribution >= 4 is 17.0 Å². The fourth-order valence-corrected chi connectivity index (χ4v) is 3.69. The first-order valence-electron chi connectivity index (χ1n) is 8.30. The molecule has 1 saturated carbocycles. The normalized spacial score (nSPS) is 29.9. The molecule has 0 amide bonds. The maximum Gasteiger partial charge on any atom is 0.184 e. The molecule has 2 aromatic rings. The van der Waals surface area contributed by atoms with E-state index in [2.05, 4.69) is 48.0 Å². The highest BCUT2D eigenvalue weighted by atomic mass is 15.5. The molecule has 0 spiro atoms. The first-order chi connectivity index (χ1) is 10.5. The molecule has 2 heterocycles. The first-order valence-corrected chi connectivity index (χ1v) is 8.30. The van der Waals surface area contributed by atoms with E-state index in [1.807, 2.05) is 4.68 Å². The predicted octanol–water partition coefficient (Wildman–Crippen LogP) is 3.07. The molecule has 22 heavy (non-hydrogen) atoms. The Morgan fingerprint density at radius 3 is 2.73 bits per heavy atom. The monoisotopic (exact) mass is 302 g/mol. The maximum atomic E-state index is 5.90. The van der Waals surface area contributed by atoms with Crippen molar-refractivity contribution in [1.29, 1.82) is 0 Å². The Kier molecular flexibility index (Phi) is 4.02. The van der Waals surface area contributed by atoms with Gasteiger partial charge in [-0.05, 0) is 36.5 Å². The Morgan fingerprint density at radius 1 is 1.23 bits per heavy atom. The van der Waals surface area contributed by atoms with Crippen LogP contribution in [0.25, 0.3) is 11.2 Å². The summed E-state index contributed by atoms with van der Waals surface area (Å²) in [6.45, 7) is 9.32. The molecule has 3 rings (SSSR count). The summed E-state index contributed by atoms with van der Waals surface area (Å²) in [5.74, 6) is 3.04. The van der Waals surface area contributed by atoms with Gasteiger partial charge in [0.1, 0.15) is 6.33 Å². The van der Waals surface area contributed by atoms with Crippen molar-refractivity contribution in [3.63, 3.8) is 0 Å². The molecule has 6 nitrogen and oxygen atoms in total. The van der Waals surface area contributed by atoms with Crippen molar-refractivity contribution in [3.8, 4) is 0 Å². The number of aromatic nitrogens is 5. The smallest absolute Gasteiger partial charge is 0.184 e. The lowest BCUT2D eigenvalue weighted by molar-refractivity contribution is 0.228. The molecule has 0 aliphatic heterocycles. The molecule has 1 aliphatic carbocycles. The van der Waals surface area contributed by atoms with Gasteiger partial charge in [0, 0.05) is 0 Å². The lowest BCUT2D eigenvalue weighted by Crippen LogP contribution is -2.24.